The van der Waals surface area contributed by atoms with Gasteiger partial charge in [0.15, 0.2) is 0 Å². The van der Waals surface area contributed by atoms with E-state index in [0.717, 1.165) is 4.47 Å². The van der Waals surface area contributed by atoms with Crippen LogP contribution in [0.4, 0.5) is 0 Å². The number of hydrogen-bond donors (Lipinski definition) is 0. The van der Waals surface area contributed by atoms with Gasteiger partial charge in [-0.25, -0.2) is 0 Å². The lowest BCUT2D eigenvalue weighted by molar-refractivity contribution is 1.86. The number of thiophene rings is 1. The first kappa shape index (κ1) is 5.60. The Labute approximate surface area is 59.2 Å². The molecule has 0 aliphatic carbocycles. The summed E-state index contributed by atoms with van der Waals surface area (Å²) in [4.78, 5) is 0. The number of rotatable bonds is 0. The van der Waals surface area contributed by atoms with Gasteiger partial charge in [0.25, 0.3) is 0 Å². The highest BCUT2D eigenvalue weighted by Gasteiger charge is 1.89. The fraction of sp³-hybridized carbons (Fsp3) is 0. The predicted octanol–water partition coefficient (Wildman–Crippen LogP) is 2.96. The molecule has 0 fully saturated rings. The van der Waals surface area contributed by atoms with E-state index in [4.69, 9.17) is 11.6 Å². The zero-order valence-electron chi connectivity index (χ0n) is 3.24. The lowest BCUT2D eigenvalue weighted by atomic mass is 10.7. The monoisotopic (exact) mass is 195 g/mol. The van der Waals surface area contributed by atoms with Crippen molar-refractivity contribution >= 4 is 38.9 Å². The van der Waals surface area contributed by atoms with Gasteiger partial charge in [-0.15, -0.1) is 11.3 Å². The molecule has 0 amide bonds. The maximum atomic E-state index is 5.49. The molecule has 1 aromatic rings. The first-order valence-corrected chi connectivity index (χ1v) is 3.66. The Morgan fingerprint density at radius 2 is 2.57 bits per heavy atom. The van der Waals surface area contributed by atoms with Gasteiger partial charge in [0.1, 0.15) is 4.34 Å². The third-order valence-electron chi connectivity index (χ3n) is 0.484. The van der Waals surface area contributed by atoms with Crippen molar-refractivity contribution in [3.05, 3.63) is 20.3 Å². The molecule has 0 spiro atoms. The van der Waals surface area contributed by atoms with Gasteiger partial charge in [-0.2, -0.15) is 0 Å². The molecule has 0 atom stereocenters. The van der Waals surface area contributed by atoms with Crippen LogP contribution in [0.3, 0.4) is 0 Å². The highest BCUT2D eigenvalue weighted by Crippen LogP contribution is 2.22. The Bertz CT molecular complexity index is 144. The highest BCUT2D eigenvalue weighted by molar-refractivity contribution is 9.10. The molecule has 0 bridgehead atoms. The van der Waals surface area contributed by atoms with Crippen LogP contribution in [-0.4, -0.2) is 0 Å². The van der Waals surface area contributed by atoms with Crippen LogP contribution in [0.15, 0.2) is 9.85 Å². The van der Waals surface area contributed by atoms with Crippen LogP contribution in [0.5, 0.6) is 0 Å². The van der Waals surface area contributed by atoms with E-state index < -0.39 is 0 Å². The fourth-order valence-electron chi connectivity index (χ4n) is 0.256. The van der Waals surface area contributed by atoms with Gasteiger partial charge in [-0.3, -0.25) is 0 Å². The Kier molecular flexibility index (Phi) is 1.73. The fourth-order valence-corrected chi connectivity index (χ4v) is 1.65. The maximum Gasteiger partial charge on any atom is 0.102 e. The molecule has 1 radical (unpaired) electrons. The van der Waals surface area contributed by atoms with E-state index in [-0.39, 0.29) is 0 Å². The van der Waals surface area contributed by atoms with Gasteiger partial charge in [0.05, 0.1) is 0 Å². The lowest BCUT2D eigenvalue weighted by Gasteiger charge is -1.64. The second-order valence-electron chi connectivity index (χ2n) is 0.982. The van der Waals surface area contributed by atoms with E-state index in [1.165, 1.54) is 11.3 Å². The van der Waals surface area contributed by atoms with Crippen molar-refractivity contribution < 1.29 is 0 Å². The molecule has 1 aromatic heterocycles. The molecule has 0 aliphatic rings. The van der Waals surface area contributed by atoms with Crippen LogP contribution in [0.25, 0.3) is 0 Å². The Balaban J connectivity index is 3.04. The normalized spacial score (nSPS) is 9.43. The topological polar surface area (TPSA) is 0 Å². The molecule has 37 valence electrons. The first-order valence-electron chi connectivity index (χ1n) is 1.61. The summed E-state index contributed by atoms with van der Waals surface area (Å²) < 4.78 is 1.63. The summed E-state index contributed by atoms with van der Waals surface area (Å²) in [6.07, 6.45) is 0. The Morgan fingerprint density at radius 3 is 2.71 bits per heavy atom. The van der Waals surface area contributed by atoms with E-state index in [1.54, 1.807) is 0 Å². The van der Waals surface area contributed by atoms with Crippen molar-refractivity contribution in [3.8, 4) is 0 Å². The van der Waals surface area contributed by atoms with Crippen LogP contribution in [0, 0.1) is 6.07 Å². The van der Waals surface area contributed by atoms with Crippen molar-refractivity contribution in [2.24, 2.45) is 0 Å². The summed E-state index contributed by atoms with van der Waals surface area (Å²) in [5.41, 5.74) is 0. The molecule has 0 saturated carbocycles. The zero-order valence-corrected chi connectivity index (χ0v) is 6.40. The second-order valence-corrected chi connectivity index (χ2v) is 3.32. The Hall–Kier alpha value is 0.470. The minimum atomic E-state index is 0.701. The van der Waals surface area contributed by atoms with E-state index in [0.29, 0.717) is 4.34 Å². The third kappa shape index (κ3) is 1.44. The standard InChI is InChI=1S/C4HBrClS/c5-3-1-4(6)7-2-3/h2H. The predicted molar refractivity (Wildman–Crippen MR) is 35.9 cm³/mol. The van der Waals surface area contributed by atoms with Gasteiger partial charge in [-0.1, -0.05) is 11.6 Å². The molecule has 0 aliphatic heterocycles. The maximum absolute atomic E-state index is 5.49. The van der Waals surface area contributed by atoms with Crippen LogP contribution < -0.4 is 0 Å². The smallest absolute Gasteiger partial charge is 0.102 e. The molecular weight excluding hydrogens is 195 g/mol. The van der Waals surface area contributed by atoms with Crippen molar-refractivity contribution in [1.82, 2.24) is 0 Å². The minimum Gasteiger partial charge on any atom is -0.130 e. The van der Waals surface area contributed by atoms with Crippen molar-refractivity contribution in [2.75, 3.05) is 0 Å². The van der Waals surface area contributed by atoms with Crippen molar-refractivity contribution in [1.29, 1.82) is 0 Å². The molecule has 7 heavy (non-hydrogen) atoms. The van der Waals surface area contributed by atoms with Gasteiger partial charge < -0.3 is 0 Å². The SMILES string of the molecule is Clc1[c]c(Br)cs1. The number of hydrogen-bond acceptors (Lipinski definition) is 1. The molecule has 1 heterocycles. The van der Waals surface area contributed by atoms with Gasteiger partial charge >= 0.3 is 0 Å². The summed E-state index contributed by atoms with van der Waals surface area (Å²) in [5.74, 6) is 0. The lowest BCUT2D eigenvalue weighted by Crippen LogP contribution is -1.41. The number of halogens is 2. The summed E-state index contributed by atoms with van der Waals surface area (Å²) in [7, 11) is 0. The van der Waals surface area contributed by atoms with Crippen molar-refractivity contribution in [2.45, 2.75) is 0 Å². The molecule has 0 nitrogen and oxygen atoms in total. The van der Waals surface area contributed by atoms with Gasteiger partial charge in [-0.05, 0) is 15.9 Å². The van der Waals surface area contributed by atoms with Crippen LogP contribution in [0.1, 0.15) is 0 Å². The van der Waals surface area contributed by atoms with Crippen LogP contribution >= 0.6 is 38.9 Å². The third-order valence-corrected chi connectivity index (χ3v) is 2.24. The highest BCUT2D eigenvalue weighted by atomic mass is 79.9. The zero-order chi connectivity index (χ0) is 5.28. The van der Waals surface area contributed by atoms with Gasteiger partial charge in [0, 0.05) is 15.9 Å². The quantitative estimate of drug-likeness (QED) is 0.598. The van der Waals surface area contributed by atoms with E-state index in [9.17, 15) is 0 Å². The molecular formula is C4HBrClS. The molecule has 0 unspecified atom stereocenters. The minimum absolute atomic E-state index is 0.701. The first-order chi connectivity index (χ1) is 3.29. The summed E-state index contributed by atoms with van der Waals surface area (Å²) in [6.45, 7) is 0. The Morgan fingerprint density at radius 1 is 1.86 bits per heavy atom. The average molecular weight is 196 g/mol. The summed E-state index contributed by atoms with van der Waals surface area (Å²) in [5, 5.41) is 1.89. The molecule has 0 N–H and O–H groups in total. The van der Waals surface area contributed by atoms with E-state index >= 15 is 0 Å². The summed E-state index contributed by atoms with van der Waals surface area (Å²) >= 11 is 10.2. The van der Waals surface area contributed by atoms with E-state index in [1.807, 2.05) is 5.38 Å². The van der Waals surface area contributed by atoms with Crippen molar-refractivity contribution in [3.63, 3.8) is 0 Å². The second kappa shape index (κ2) is 2.16. The molecule has 3 heteroatoms. The molecule has 1 rings (SSSR count). The summed E-state index contributed by atoms with van der Waals surface area (Å²) in [6, 6.07) is 2.84. The average Bonchev–Trinajstić information content (AvgIpc) is 1.87. The van der Waals surface area contributed by atoms with Crippen LogP contribution in [0.2, 0.25) is 4.34 Å². The molecule has 0 aromatic carbocycles. The molecule has 0 saturated heterocycles. The van der Waals surface area contributed by atoms with E-state index in [2.05, 4.69) is 22.0 Å². The largest absolute Gasteiger partial charge is 0.130 e. The van der Waals surface area contributed by atoms with Gasteiger partial charge in [0.2, 0.25) is 0 Å². The van der Waals surface area contributed by atoms with Crippen LogP contribution in [-0.2, 0) is 0 Å².